The Morgan fingerprint density at radius 2 is 1.85 bits per heavy atom. The summed E-state index contributed by atoms with van der Waals surface area (Å²) in [4.78, 5) is 3.72. The van der Waals surface area contributed by atoms with Gasteiger partial charge in [-0.15, -0.1) is 0 Å². The third-order valence-corrected chi connectivity index (χ3v) is 1.70. The molecule has 1 nitrogen and oxygen atoms in total. The summed E-state index contributed by atoms with van der Waals surface area (Å²) in [5.74, 6) is 0. The molecular formula is C10H11F2N. The van der Waals surface area contributed by atoms with E-state index >= 15 is 0 Å². The van der Waals surface area contributed by atoms with Crippen LogP contribution in [0, 0.1) is 0 Å². The molecular weight excluding hydrogens is 172 g/mol. The van der Waals surface area contributed by atoms with Gasteiger partial charge in [0.1, 0.15) is 0 Å². The van der Waals surface area contributed by atoms with E-state index in [2.05, 4.69) is 4.99 Å². The number of halogens is 2. The summed E-state index contributed by atoms with van der Waals surface area (Å²) in [6, 6.07) is 9.15. The fourth-order valence-electron chi connectivity index (χ4n) is 1.01. The highest BCUT2D eigenvalue weighted by molar-refractivity contribution is 5.61. The number of aliphatic imine (C=N–C) groups is 1. The third kappa shape index (κ3) is 3.32. The Labute approximate surface area is 76.1 Å². The molecule has 1 atom stereocenters. The molecule has 0 aliphatic rings. The normalized spacial score (nSPS) is 13.8. The van der Waals surface area contributed by atoms with Crippen molar-refractivity contribution in [1.29, 1.82) is 0 Å². The molecule has 0 saturated carbocycles. The maximum atomic E-state index is 11.8. The number of rotatable bonds is 3. The van der Waals surface area contributed by atoms with Gasteiger partial charge in [-0.25, -0.2) is 8.78 Å². The summed E-state index contributed by atoms with van der Waals surface area (Å²) in [6.07, 6.45) is -1.79. The lowest BCUT2D eigenvalue weighted by Gasteiger charge is -2.04. The van der Waals surface area contributed by atoms with Crippen LogP contribution >= 0.6 is 0 Å². The topological polar surface area (TPSA) is 12.4 Å². The monoisotopic (exact) mass is 183 g/mol. The minimum atomic E-state index is -2.47. The average Bonchev–Trinajstić information content (AvgIpc) is 2.15. The van der Waals surface area contributed by atoms with E-state index in [1.54, 1.807) is 6.92 Å². The first-order valence-corrected chi connectivity index (χ1v) is 4.06. The number of benzene rings is 1. The van der Waals surface area contributed by atoms with Gasteiger partial charge in [0.05, 0.1) is 12.3 Å². The highest BCUT2D eigenvalue weighted by Crippen LogP contribution is 2.15. The smallest absolute Gasteiger partial charge is 0.273 e. The number of alkyl halides is 2. The SMILES string of the molecule is CC(/N=C/C(F)F)c1ccccc1. The first kappa shape index (κ1) is 9.84. The van der Waals surface area contributed by atoms with E-state index in [1.165, 1.54) is 0 Å². The van der Waals surface area contributed by atoms with Crippen molar-refractivity contribution in [2.24, 2.45) is 4.99 Å². The number of hydrogen-bond acceptors (Lipinski definition) is 1. The third-order valence-electron chi connectivity index (χ3n) is 1.70. The van der Waals surface area contributed by atoms with Gasteiger partial charge in [0, 0.05) is 0 Å². The van der Waals surface area contributed by atoms with Crippen LogP contribution in [0.15, 0.2) is 35.3 Å². The lowest BCUT2D eigenvalue weighted by atomic mass is 10.1. The van der Waals surface area contributed by atoms with E-state index in [0.29, 0.717) is 6.21 Å². The second-order valence-electron chi connectivity index (χ2n) is 2.72. The molecule has 0 fully saturated rings. The van der Waals surface area contributed by atoms with Crippen molar-refractivity contribution in [3.05, 3.63) is 35.9 Å². The van der Waals surface area contributed by atoms with Gasteiger partial charge in [-0.1, -0.05) is 30.3 Å². The van der Waals surface area contributed by atoms with Crippen molar-refractivity contribution in [2.75, 3.05) is 0 Å². The van der Waals surface area contributed by atoms with Crippen molar-refractivity contribution < 1.29 is 8.78 Å². The van der Waals surface area contributed by atoms with Crippen molar-refractivity contribution in [3.8, 4) is 0 Å². The minimum absolute atomic E-state index is 0.199. The van der Waals surface area contributed by atoms with Gasteiger partial charge in [-0.05, 0) is 12.5 Å². The summed E-state index contributed by atoms with van der Waals surface area (Å²) in [5.41, 5.74) is 0.944. The largest absolute Gasteiger partial charge is 0.284 e. The molecule has 3 heteroatoms. The van der Waals surface area contributed by atoms with Crippen molar-refractivity contribution >= 4 is 6.21 Å². The molecule has 1 aromatic carbocycles. The van der Waals surface area contributed by atoms with Gasteiger partial charge in [-0.2, -0.15) is 0 Å². The van der Waals surface area contributed by atoms with Crippen molar-refractivity contribution in [1.82, 2.24) is 0 Å². The maximum absolute atomic E-state index is 11.8. The van der Waals surface area contributed by atoms with E-state index in [9.17, 15) is 8.78 Å². The molecule has 0 amide bonds. The van der Waals surface area contributed by atoms with E-state index in [4.69, 9.17) is 0 Å². The Morgan fingerprint density at radius 1 is 1.23 bits per heavy atom. The van der Waals surface area contributed by atoms with Gasteiger partial charge < -0.3 is 0 Å². The summed E-state index contributed by atoms with van der Waals surface area (Å²) in [5, 5.41) is 0. The molecule has 13 heavy (non-hydrogen) atoms. The van der Waals surface area contributed by atoms with Gasteiger partial charge in [0.25, 0.3) is 6.43 Å². The zero-order valence-electron chi connectivity index (χ0n) is 7.32. The number of nitrogens with zero attached hydrogens (tertiary/aromatic N) is 1. The van der Waals surface area contributed by atoms with Crippen LogP contribution in [0.5, 0.6) is 0 Å². The van der Waals surface area contributed by atoms with Crippen LogP contribution in [0.2, 0.25) is 0 Å². The summed E-state index contributed by atoms with van der Waals surface area (Å²) < 4.78 is 23.5. The molecule has 0 aliphatic carbocycles. The molecule has 0 aliphatic heterocycles. The first-order valence-electron chi connectivity index (χ1n) is 4.06. The standard InChI is InChI=1S/C10H11F2N/c1-8(13-7-10(11)12)9-5-3-2-4-6-9/h2-8,10H,1H3/b13-7+. The van der Waals surface area contributed by atoms with Crippen molar-refractivity contribution in [3.63, 3.8) is 0 Å². The molecule has 0 N–H and O–H groups in total. The Kier molecular flexibility index (Phi) is 3.55. The molecule has 0 aromatic heterocycles. The second-order valence-corrected chi connectivity index (χ2v) is 2.72. The Morgan fingerprint density at radius 3 is 2.38 bits per heavy atom. The zero-order valence-corrected chi connectivity index (χ0v) is 7.32. The van der Waals surface area contributed by atoms with Crippen LogP contribution in [0.3, 0.4) is 0 Å². The first-order chi connectivity index (χ1) is 6.20. The molecule has 0 radical (unpaired) electrons. The molecule has 1 aromatic rings. The van der Waals surface area contributed by atoms with Gasteiger partial charge in [0.2, 0.25) is 0 Å². The maximum Gasteiger partial charge on any atom is 0.273 e. The molecule has 0 bridgehead atoms. The fraction of sp³-hybridized carbons (Fsp3) is 0.300. The van der Waals surface area contributed by atoms with Crippen LogP contribution in [-0.2, 0) is 0 Å². The minimum Gasteiger partial charge on any atom is -0.284 e. The second kappa shape index (κ2) is 4.70. The zero-order chi connectivity index (χ0) is 9.68. The van der Waals surface area contributed by atoms with E-state index < -0.39 is 6.43 Å². The van der Waals surface area contributed by atoms with Crippen LogP contribution in [0.1, 0.15) is 18.5 Å². The van der Waals surface area contributed by atoms with E-state index in [0.717, 1.165) is 5.56 Å². The summed E-state index contributed by atoms with van der Waals surface area (Å²) in [6.45, 7) is 1.79. The van der Waals surface area contributed by atoms with Crippen molar-refractivity contribution in [2.45, 2.75) is 19.4 Å². The highest BCUT2D eigenvalue weighted by Gasteiger charge is 2.02. The van der Waals surface area contributed by atoms with Crippen LogP contribution in [0.4, 0.5) is 8.78 Å². The highest BCUT2D eigenvalue weighted by atomic mass is 19.3. The Bertz CT molecular complexity index is 270. The van der Waals surface area contributed by atoms with Crippen LogP contribution in [-0.4, -0.2) is 12.6 Å². The molecule has 0 saturated heterocycles. The number of hydrogen-bond donors (Lipinski definition) is 0. The Balaban J connectivity index is 2.64. The fourth-order valence-corrected chi connectivity index (χ4v) is 1.01. The molecule has 1 rings (SSSR count). The predicted molar refractivity (Wildman–Crippen MR) is 49.4 cm³/mol. The molecule has 70 valence electrons. The predicted octanol–water partition coefficient (Wildman–Crippen LogP) is 3.08. The van der Waals surface area contributed by atoms with Gasteiger partial charge >= 0.3 is 0 Å². The summed E-state index contributed by atoms with van der Waals surface area (Å²) >= 11 is 0. The molecule has 0 spiro atoms. The molecule has 0 heterocycles. The van der Waals surface area contributed by atoms with Gasteiger partial charge in [0.15, 0.2) is 0 Å². The lowest BCUT2D eigenvalue weighted by Crippen LogP contribution is -1.95. The van der Waals surface area contributed by atoms with Gasteiger partial charge in [-0.3, -0.25) is 4.99 Å². The average molecular weight is 183 g/mol. The summed E-state index contributed by atoms with van der Waals surface area (Å²) in [7, 11) is 0. The van der Waals surface area contributed by atoms with E-state index in [-0.39, 0.29) is 6.04 Å². The lowest BCUT2D eigenvalue weighted by molar-refractivity contribution is 0.231. The van der Waals surface area contributed by atoms with Crippen LogP contribution < -0.4 is 0 Å². The van der Waals surface area contributed by atoms with E-state index in [1.807, 2.05) is 30.3 Å². The quantitative estimate of drug-likeness (QED) is 0.638. The Hall–Kier alpha value is -1.25. The molecule has 1 unspecified atom stereocenters. The van der Waals surface area contributed by atoms with Crippen LogP contribution in [0.25, 0.3) is 0 Å².